The maximum Gasteiger partial charge on any atom is 0.245 e. The van der Waals surface area contributed by atoms with Crippen LogP contribution in [0, 0.1) is 5.92 Å². The van der Waals surface area contributed by atoms with Crippen LogP contribution in [0.3, 0.4) is 0 Å². The van der Waals surface area contributed by atoms with Gasteiger partial charge >= 0.3 is 0 Å². The minimum absolute atomic E-state index is 0.0160. The van der Waals surface area contributed by atoms with Crippen molar-refractivity contribution in [1.29, 1.82) is 0 Å². The number of rotatable bonds is 1. The second-order valence-electron chi connectivity index (χ2n) is 5.01. The third-order valence-corrected chi connectivity index (χ3v) is 3.99. The average Bonchev–Trinajstić information content (AvgIpc) is 2.32. The third-order valence-electron chi connectivity index (χ3n) is 3.99. The largest absolute Gasteiger partial charge is 0.342 e. The lowest BCUT2D eigenvalue weighted by atomic mass is 9.82. The second kappa shape index (κ2) is 4.44. The van der Waals surface area contributed by atoms with Gasteiger partial charge in [-0.15, -0.1) is 0 Å². The Bertz CT molecular complexity index is 297. The van der Waals surface area contributed by atoms with Crippen LogP contribution in [0.25, 0.3) is 0 Å². The molecule has 2 atom stereocenters. The molecule has 0 bridgehead atoms. The van der Waals surface area contributed by atoms with Crippen molar-refractivity contribution in [2.45, 2.75) is 51.1 Å². The molecule has 4 nitrogen and oxygen atoms in total. The summed E-state index contributed by atoms with van der Waals surface area (Å²) in [6.07, 6.45) is 5.77. The van der Waals surface area contributed by atoms with Crippen molar-refractivity contribution in [3.8, 4) is 0 Å². The van der Waals surface area contributed by atoms with E-state index in [4.69, 9.17) is 0 Å². The van der Waals surface area contributed by atoms with E-state index < -0.39 is 0 Å². The first-order chi connectivity index (χ1) is 7.61. The van der Waals surface area contributed by atoms with Gasteiger partial charge < -0.3 is 10.2 Å². The van der Waals surface area contributed by atoms with Gasteiger partial charge in [-0.05, 0) is 25.7 Å². The van der Waals surface area contributed by atoms with Crippen LogP contribution >= 0.6 is 0 Å². The molecular weight excluding hydrogens is 204 g/mol. The Balaban J connectivity index is 2.09. The topological polar surface area (TPSA) is 49.4 Å². The molecule has 0 radical (unpaired) electrons. The van der Waals surface area contributed by atoms with Crippen LogP contribution in [0.1, 0.15) is 39.0 Å². The van der Waals surface area contributed by atoms with Crippen molar-refractivity contribution in [3.05, 3.63) is 0 Å². The van der Waals surface area contributed by atoms with E-state index in [1.54, 1.807) is 18.9 Å². The smallest absolute Gasteiger partial charge is 0.245 e. The van der Waals surface area contributed by atoms with Gasteiger partial charge in [0, 0.05) is 7.05 Å². The number of nitrogens with zero attached hydrogens (tertiary/aromatic N) is 1. The maximum atomic E-state index is 12.1. The quantitative estimate of drug-likeness (QED) is 0.720. The van der Waals surface area contributed by atoms with Crippen LogP contribution in [0.5, 0.6) is 0 Å². The highest BCUT2D eigenvalue weighted by Gasteiger charge is 2.40. The first-order valence-electron chi connectivity index (χ1n) is 6.18. The molecule has 2 rings (SSSR count). The number of hydrogen-bond acceptors (Lipinski definition) is 2. The molecule has 1 saturated carbocycles. The molecule has 1 aliphatic heterocycles. The summed E-state index contributed by atoms with van der Waals surface area (Å²) in [5.41, 5.74) is 0. The minimum atomic E-state index is -0.327. The normalized spacial score (nSPS) is 32.8. The molecule has 0 aromatic rings. The molecule has 90 valence electrons. The molecule has 0 aromatic carbocycles. The molecular formula is C12H20N2O2. The molecule has 1 aliphatic carbocycles. The van der Waals surface area contributed by atoms with E-state index in [2.05, 4.69) is 5.32 Å². The van der Waals surface area contributed by atoms with E-state index in [1.165, 1.54) is 19.3 Å². The summed E-state index contributed by atoms with van der Waals surface area (Å²) in [5, 5.41) is 2.89. The zero-order valence-electron chi connectivity index (χ0n) is 10.0. The van der Waals surface area contributed by atoms with Crippen LogP contribution in [0.15, 0.2) is 0 Å². The van der Waals surface area contributed by atoms with Gasteiger partial charge in [-0.3, -0.25) is 9.59 Å². The molecule has 1 saturated heterocycles. The van der Waals surface area contributed by atoms with E-state index in [9.17, 15) is 9.59 Å². The zero-order valence-corrected chi connectivity index (χ0v) is 10.0. The predicted molar refractivity (Wildman–Crippen MR) is 60.7 cm³/mol. The Kier molecular flexibility index (Phi) is 3.17. The van der Waals surface area contributed by atoms with Crippen molar-refractivity contribution >= 4 is 11.8 Å². The summed E-state index contributed by atoms with van der Waals surface area (Å²) < 4.78 is 0. The lowest BCUT2D eigenvalue weighted by molar-refractivity contribution is -0.148. The molecule has 2 aliphatic rings. The fraction of sp³-hybridized carbons (Fsp3) is 0.833. The summed E-state index contributed by atoms with van der Waals surface area (Å²) >= 11 is 0. The van der Waals surface area contributed by atoms with Crippen LogP contribution < -0.4 is 5.32 Å². The van der Waals surface area contributed by atoms with Gasteiger partial charge in [-0.25, -0.2) is 0 Å². The highest BCUT2D eigenvalue weighted by atomic mass is 16.2. The maximum absolute atomic E-state index is 12.1. The summed E-state index contributed by atoms with van der Waals surface area (Å²) in [5.74, 6) is 0.414. The highest BCUT2D eigenvalue weighted by Crippen LogP contribution is 2.28. The van der Waals surface area contributed by atoms with Crippen LogP contribution in [0.2, 0.25) is 0 Å². The van der Waals surface area contributed by atoms with Gasteiger partial charge in [0.05, 0.1) is 0 Å². The van der Waals surface area contributed by atoms with Gasteiger partial charge in [0.25, 0.3) is 0 Å². The number of nitrogens with one attached hydrogen (secondary N) is 1. The van der Waals surface area contributed by atoms with Crippen molar-refractivity contribution in [1.82, 2.24) is 10.2 Å². The lowest BCUT2D eigenvalue weighted by Crippen LogP contribution is -2.63. The van der Waals surface area contributed by atoms with Crippen molar-refractivity contribution < 1.29 is 9.59 Å². The van der Waals surface area contributed by atoms with Gasteiger partial charge in [0.2, 0.25) is 11.8 Å². The Hall–Kier alpha value is -1.06. The van der Waals surface area contributed by atoms with Crippen LogP contribution in [0.4, 0.5) is 0 Å². The van der Waals surface area contributed by atoms with E-state index >= 15 is 0 Å². The standard InChI is InChI=1S/C12H20N2O2/c1-8-11(15)13-10(12(16)14(8)2)9-6-4-3-5-7-9/h8-10H,3-7H2,1-2H3,(H,13,15). The van der Waals surface area contributed by atoms with E-state index in [1.807, 2.05) is 0 Å². The number of carbonyl (C=O) groups is 2. The Morgan fingerprint density at radius 1 is 1.19 bits per heavy atom. The van der Waals surface area contributed by atoms with Crippen LogP contribution in [-0.4, -0.2) is 35.8 Å². The minimum Gasteiger partial charge on any atom is -0.342 e. The summed E-state index contributed by atoms with van der Waals surface area (Å²) in [6.45, 7) is 1.77. The Morgan fingerprint density at radius 2 is 1.81 bits per heavy atom. The molecule has 2 unspecified atom stereocenters. The second-order valence-corrected chi connectivity index (χ2v) is 5.01. The number of amides is 2. The summed E-state index contributed by atoms with van der Waals surface area (Å²) in [6, 6.07) is -0.596. The predicted octanol–water partition coefficient (Wildman–Crippen LogP) is 0.912. The zero-order chi connectivity index (χ0) is 11.7. The fourth-order valence-electron chi connectivity index (χ4n) is 2.71. The lowest BCUT2D eigenvalue weighted by Gasteiger charge is -2.39. The van der Waals surface area contributed by atoms with Gasteiger partial charge in [0.15, 0.2) is 0 Å². The molecule has 2 fully saturated rings. The molecule has 0 spiro atoms. The van der Waals surface area contributed by atoms with E-state index in [-0.39, 0.29) is 23.9 Å². The van der Waals surface area contributed by atoms with Crippen molar-refractivity contribution in [2.75, 3.05) is 7.05 Å². The number of likely N-dealkylation sites (N-methyl/N-ethyl adjacent to an activating group) is 1. The summed E-state index contributed by atoms with van der Waals surface area (Å²) in [4.78, 5) is 25.4. The van der Waals surface area contributed by atoms with Gasteiger partial charge in [-0.1, -0.05) is 19.3 Å². The first kappa shape index (κ1) is 11.4. The SMILES string of the molecule is CC1C(=O)NC(C2CCCCC2)C(=O)N1C. The van der Waals surface area contributed by atoms with Gasteiger partial charge in [0.1, 0.15) is 12.1 Å². The fourth-order valence-corrected chi connectivity index (χ4v) is 2.71. The monoisotopic (exact) mass is 224 g/mol. The molecule has 2 amide bonds. The Morgan fingerprint density at radius 3 is 2.44 bits per heavy atom. The molecule has 0 aromatic heterocycles. The van der Waals surface area contributed by atoms with Crippen LogP contribution in [-0.2, 0) is 9.59 Å². The van der Waals surface area contributed by atoms with Crippen molar-refractivity contribution in [3.63, 3.8) is 0 Å². The molecule has 1 heterocycles. The Labute approximate surface area is 96.4 Å². The number of carbonyl (C=O) groups excluding carboxylic acids is 2. The molecule has 16 heavy (non-hydrogen) atoms. The number of hydrogen-bond donors (Lipinski definition) is 1. The highest BCUT2D eigenvalue weighted by molar-refractivity contribution is 5.96. The summed E-state index contributed by atoms with van der Waals surface area (Å²) in [7, 11) is 1.72. The average molecular weight is 224 g/mol. The van der Waals surface area contributed by atoms with E-state index in [0.717, 1.165) is 12.8 Å². The molecule has 1 N–H and O–H groups in total. The van der Waals surface area contributed by atoms with E-state index in [0.29, 0.717) is 5.92 Å². The van der Waals surface area contributed by atoms with Crippen molar-refractivity contribution in [2.24, 2.45) is 5.92 Å². The van der Waals surface area contributed by atoms with Gasteiger partial charge in [-0.2, -0.15) is 0 Å². The third kappa shape index (κ3) is 1.93. The first-order valence-corrected chi connectivity index (χ1v) is 6.18. The number of piperazine rings is 1. The molecule has 4 heteroatoms.